The van der Waals surface area contributed by atoms with E-state index >= 15 is 0 Å². The van der Waals surface area contributed by atoms with E-state index in [1.807, 2.05) is 42.5 Å². The second kappa shape index (κ2) is 9.54. The average molecular weight is 593 g/mol. The molecule has 1 aliphatic carbocycles. The molecule has 0 atom stereocenters. The highest BCUT2D eigenvalue weighted by Crippen LogP contribution is 2.55. The average Bonchev–Trinajstić information content (AvgIpc) is 3.71. The van der Waals surface area contributed by atoms with Gasteiger partial charge in [0.2, 0.25) is 5.71 Å². The first-order valence-corrected chi connectivity index (χ1v) is 15.5. The Hall–Kier alpha value is -5.92. The van der Waals surface area contributed by atoms with Crippen LogP contribution in [0.5, 0.6) is 0 Å². The molecule has 1 aliphatic rings. The first kappa shape index (κ1) is 26.5. The number of hydrogen-bond acceptors (Lipinski definition) is 4. The number of aromatic nitrogens is 2. The number of hydrogen-bond donors (Lipinski definition) is 0. The molecule has 8 aromatic rings. The van der Waals surface area contributed by atoms with Gasteiger partial charge in [-0.2, -0.15) is 4.98 Å². The van der Waals surface area contributed by atoms with Crippen LogP contribution in [0.1, 0.15) is 37.7 Å². The van der Waals surface area contributed by atoms with Crippen molar-refractivity contribution in [3.05, 3.63) is 132 Å². The van der Waals surface area contributed by atoms with Crippen molar-refractivity contribution >= 4 is 65.9 Å². The first-order chi connectivity index (χ1) is 22.4. The largest absolute Gasteiger partial charge is 0.456 e. The van der Waals surface area contributed by atoms with Gasteiger partial charge in [-0.1, -0.05) is 98.6 Å². The summed E-state index contributed by atoms with van der Waals surface area (Å²) in [6.45, 7) is 6.56. The predicted molar refractivity (Wildman–Crippen MR) is 188 cm³/mol. The number of rotatable bonds is 2. The Bertz CT molecular complexity index is 2690. The standard InChI is InChI=1S/C42H28N2O2/c1-5-12-29-30-21-22-31-28-15-8-10-17-33(28)45-39(31)37(30)42(3,4)36(29)24(2)40-43-38(27-20-19-25-13-6-7-14-26(25)23-27)35-32-16-9-11-18-34(32)46-41(35)44-40/h1,6-23H,2-4H3/b29-12?,36-24-. The minimum absolute atomic E-state index is 0.454. The second-order valence-corrected chi connectivity index (χ2v) is 12.5. The zero-order valence-corrected chi connectivity index (χ0v) is 25.7. The summed E-state index contributed by atoms with van der Waals surface area (Å²) in [4.78, 5) is 10.4. The molecule has 0 radical (unpaired) electrons. The van der Waals surface area contributed by atoms with Crippen molar-refractivity contribution < 1.29 is 8.83 Å². The minimum atomic E-state index is -0.454. The predicted octanol–water partition coefficient (Wildman–Crippen LogP) is 10.9. The van der Waals surface area contributed by atoms with Crippen LogP contribution in [-0.4, -0.2) is 9.97 Å². The number of furan rings is 2. The zero-order valence-electron chi connectivity index (χ0n) is 25.7. The lowest BCUT2D eigenvalue weighted by molar-refractivity contribution is 0.619. The Balaban J connectivity index is 1.34. The minimum Gasteiger partial charge on any atom is -0.456 e. The summed E-state index contributed by atoms with van der Waals surface area (Å²) >= 11 is 0. The smallest absolute Gasteiger partial charge is 0.231 e. The van der Waals surface area contributed by atoms with Gasteiger partial charge < -0.3 is 8.83 Å². The first-order valence-electron chi connectivity index (χ1n) is 15.5. The molecule has 0 bridgehead atoms. The number of benzene rings is 5. The van der Waals surface area contributed by atoms with Gasteiger partial charge >= 0.3 is 0 Å². The van der Waals surface area contributed by atoms with Crippen LogP contribution in [0.3, 0.4) is 0 Å². The van der Waals surface area contributed by atoms with Gasteiger partial charge in [-0.15, -0.1) is 6.42 Å². The second-order valence-electron chi connectivity index (χ2n) is 12.5. The van der Waals surface area contributed by atoms with E-state index < -0.39 is 5.41 Å². The topological polar surface area (TPSA) is 52.1 Å². The highest BCUT2D eigenvalue weighted by atomic mass is 16.3. The molecule has 0 spiro atoms. The van der Waals surface area contributed by atoms with E-state index in [4.69, 9.17) is 25.2 Å². The molecule has 9 rings (SSSR count). The van der Waals surface area contributed by atoms with E-state index in [9.17, 15) is 0 Å². The van der Waals surface area contributed by atoms with Gasteiger partial charge in [0, 0.05) is 32.7 Å². The van der Waals surface area contributed by atoms with Crippen molar-refractivity contribution in [2.45, 2.75) is 26.2 Å². The zero-order chi connectivity index (χ0) is 31.2. The molecule has 0 unspecified atom stereocenters. The van der Waals surface area contributed by atoms with Gasteiger partial charge in [0.15, 0.2) is 5.82 Å². The monoisotopic (exact) mass is 592 g/mol. The third kappa shape index (κ3) is 3.63. The van der Waals surface area contributed by atoms with Crippen LogP contribution in [0.15, 0.2) is 124 Å². The summed E-state index contributed by atoms with van der Waals surface area (Å²) < 4.78 is 12.9. The fraction of sp³-hybridized carbons (Fsp3) is 0.0952. The molecule has 0 saturated heterocycles. The lowest BCUT2D eigenvalue weighted by Crippen LogP contribution is -2.17. The highest BCUT2D eigenvalue weighted by Gasteiger charge is 2.42. The van der Waals surface area contributed by atoms with E-state index in [0.717, 1.165) is 82.8 Å². The fourth-order valence-corrected chi connectivity index (χ4v) is 7.58. The molecule has 3 aromatic heterocycles. The molecular weight excluding hydrogens is 564 g/mol. The van der Waals surface area contributed by atoms with E-state index in [-0.39, 0.29) is 0 Å². The highest BCUT2D eigenvalue weighted by molar-refractivity contribution is 6.12. The van der Waals surface area contributed by atoms with Crippen LogP contribution < -0.4 is 0 Å². The van der Waals surface area contributed by atoms with Crippen LogP contribution in [0.4, 0.5) is 0 Å². The Labute approximate surface area is 265 Å². The number of para-hydroxylation sites is 2. The van der Waals surface area contributed by atoms with Crippen LogP contribution in [-0.2, 0) is 5.41 Å². The summed E-state index contributed by atoms with van der Waals surface area (Å²) in [5.74, 6) is 3.42. The maximum absolute atomic E-state index is 6.55. The molecule has 5 aromatic carbocycles. The molecule has 4 nitrogen and oxygen atoms in total. The molecule has 46 heavy (non-hydrogen) atoms. The molecule has 0 fully saturated rings. The SMILES string of the molecule is C#CC=C1/C(=C(\C)c2nc(-c3ccc4ccccc4c3)c3c(n2)oc2ccccc23)C(C)(C)c2c1ccc1c2oc2ccccc21. The molecule has 218 valence electrons. The molecule has 0 N–H and O–H groups in total. The number of terminal acetylenes is 1. The quantitative estimate of drug-likeness (QED) is 0.187. The van der Waals surface area contributed by atoms with Gasteiger partial charge in [0.05, 0.1) is 11.1 Å². The van der Waals surface area contributed by atoms with E-state index in [1.165, 1.54) is 5.39 Å². The van der Waals surface area contributed by atoms with E-state index in [2.05, 4.69) is 93.4 Å². The van der Waals surface area contributed by atoms with Crippen LogP contribution in [0, 0.1) is 12.3 Å². The number of fused-ring (bicyclic) bond motifs is 9. The van der Waals surface area contributed by atoms with Crippen molar-refractivity contribution in [1.29, 1.82) is 0 Å². The number of nitrogens with zero attached hydrogens (tertiary/aromatic N) is 2. The summed E-state index contributed by atoms with van der Waals surface area (Å²) in [5, 5.41) is 6.43. The summed E-state index contributed by atoms with van der Waals surface area (Å²) in [5.41, 5.74) is 9.70. The van der Waals surface area contributed by atoms with Crippen molar-refractivity contribution in [3.63, 3.8) is 0 Å². The summed E-state index contributed by atoms with van der Waals surface area (Å²) in [6, 6.07) is 35.4. The maximum atomic E-state index is 6.55. The van der Waals surface area contributed by atoms with Gasteiger partial charge in [-0.25, -0.2) is 4.98 Å². The van der Waals surface area contributed by atoms with E-state index in [1.54, 1.807) is 0 Å². The normalized spacial score (nSPS) is 16.2. The Morgan fingerprint density at radius 1 is 0.761 bits per heavy atom. The molecular formula is C42H28N2O2. The molecule has 3 heterocycles. The summed E-state index contributed by atoms with van der Waals surface area (Å²) in [7, 11) is 0. The Morgan fingerprint density at radius 3 is 2.28 bits per heavy atom. The van der Waals surface area contributed by atoms with Crippen molar-refractivity contribution in [2.24, 2.45) is 0 Å². The molecule has 4 heteroatoms. The Morgan fingerprint density at radius 2 is 1.48 bits per heavy atom. The van der Waals surface area contributed by atoms with Gasteiger partial charge in [-0.3, -0.25) is 0 Å². The van der Waals surface area contributed by atoms with Crippen LogP contribution in [0.2, 0.25) is 0 Å². The lowest BCUT2D eigenvalue weighted by atomic mass is 9.79. The van der Waals surface area contributed by atoms with Crippen molar-refractivity contribution in [3.8, 4) is 23.6 Å². The van der Waals surface area contributed by atoms with Crippen LogP contribution in [0.25, 0.3) is 77.2 Å². The van der Waals surface area contributed by atoms with Crippen LogP contribution >= 0.6 is 0 Å². The Kier molecular flexibility index (Phi) is 5.49. The maximum Gasteiger partial charge on any atom is 0.231 e. The van der Waals surface area contributed by atoms with Crippen molar-refractivity contribution in [1.82, 2.24) is 9.97 Å². The third-order valence-electron chi connectivity index (χ3n) is 9.56. The number of allylic oxidation sites excluding steroid dienone is 4. The van der Waals surface area contributed by atoms with Gasteiger partial charge in [-0.05, 0) is 70.3 Å². The third-order valence-corrected chi connectivity index (χ3v) is 9.56. The molecule has 0 aliphatic heterocycles. The van der Waals surface area contributed by atoms with Gasteiger partial charge in [0.25, 0.3) is 0 Å². The molecule has 0 saturated carbocycles. The van der Waals surface area contributed by atoms with Crippen molar-refractivity contribution in [2.75, 3.05) is 0 Å². The van der Waals surface area contributed by atoms with E-state index in [0.29, 0.717) is 11.5 Å². The summed E-state index contributed by atoms with van der Waals surface area (Å²) in [6.07, 6.45) is 7.84. The molecule has 0 amide bonds. The fourth-order valence-electron chi connectivity index (χ4n) is 7.58. The lowest BCUT2D eigenvalue weighted by Gasteiger charge is -2.24. The van der Waals surface area contributed by atoms with Gasteiger partial charge in [0.1, 0.15) is 16.7 Å².